The Hall–Kier alpha value is -2.28. The molecule has 2 aromatic rings. The van der Waals surface area contributed by atoms with Crippen LogP contribution in [0.15, 0.2) is 29.8 Å². The lowest BCUT2D eigenvalue weighted by Crippen LogP contribution is -2.40. The van der Waals surface area contributed by atoms with E-state index < -0.39 is 0 Å². The molecule has 0 N–H and O–H groups in total. The van der Waals surface area contributed by atoms with Crippen LogP contribution in [0.25, 0.3) is 0 Å². The molecule has 0 spiro atoms. The van der Waals surface area contributed by atoms with Gasteiger partial charge in [-0.25, -0.2) is 4.98 Å². The van der Waals surface area contributed by atoms with Gasteiger partial charge in [-0.1, -0.05) is 33.8 Å². The third kappa shape index (κ3) is 4.57. The molecule has 3 heterocycles. The highest BCUT2D eigenvalue weighted by Crippen LogP contribution is 2.68. The van der Waals surface area contributed by atoms with Crippen LogP contribution in [0, 0.1) is 16.7 Å². The lowest BCUT2D eigenvalue weighted by molar-refractivity contribution is -0.134. The predicted molar refractivity (Wildman–Crippen MR) is 131 cm³/mol. The van der Waals surface area contributed by atoms with Gasteiger partial charge in [0.1, 0.15) is 5.69 Å². The molecule has 33 heavy (non-hydrogen) atoms. The number of aromatic nitrogens is 2. The second-order valence-electron chi connectivity index (χ2n) is 10.5. The number of nitrogens with zero attached hydrogens (tertiary/aromatic N) is 4. The zero-order valence-corrected chi connectivity index (χ0v) is 21.3. The van der Waals surface area contributed by atoms with Crippen molar-refractivity contribution in [2.24, 2.45) is 16.7 Å². The van der Waals surface area contributed by atoms with Crippen molar-refractivity contribution < 1.29 is 9.59 Å². The molecule has 2 aliphatic rings. The van der Waals surface area contributed by atoms with Crippen LogP contribution in [0.3, 0.4) is 0 Å². The highest BCUT2D eigenvalue weighted by atomic mass is 32.1. The minimum Gasteiger partial charge on any atom is -0.342 e. The summed E-state index contributed by atoms with van der Waals surface area (Å²) in [6, 6.07) is 5.86. The minimum atomic E-state index is -0.0123. The number of likely N-dealkylation sites (tertiary alicyclic amines) is 1. The number of hydrogen-bond donors (Lipinski definition) is 0. The lowest BCUT2D eigenvalue weighted by Gasteiger charge is -2.32. The maximum absolute atomic E-state index is 13.1. The molecule has 0 aromatic carbocycles. The van der Waals surface area contributed by atoms with Gasteiger partial charge in [0.25, 0.3) is 5.91 Å². The van der Waals surface area contributed by atoms with E-state index in [1.165, 1.54) is 0 Å². The van der Waals surface area contributed by atoms with Crippen molar-refractivity contribution in [1.82, 2.24) is 19.8 Å². The van der Waals surface area contributed by atoms with Crippen molar-refractivity contribution in [3.63, 3.8) is 0 Å². The zero-order valence-electron chi connectivity index (χ0n) is 20.5. The number of carbonyl (C=O) groups excluding carboxylic acids is 2. The van der Waals surface area contributed by atoms with Crippen molar-refractivity contribution in [1.29, 1.82) is 0 Å². The summed E-state index contributed by atoms with van der Waals surface area (Å²) in [7, 11) is 0. The van der Waals surface area contributed by atoms with E-state index in [4.69, 9.17) is 4.98 Å². The van der Waals surface area contributed by atoms with Crippen molar-refractivity contribution in [2.75, 3.05) is 26.2 Å². The van der Waals surface area contributed by atoms with E-state index in [1.807, 2.05) is 40.3 Å². The number of piperidine rings is 1. The van der Waals surface area contributed by atoms with Crippen LogP contribution in [0.5, 0.6) is 0 Å². The fourth-order valence-corrected chi connectivity index (χ4v) is 6.24. The average Bonchev–Trinajstić information content (AvgIpc) is 3.14. The number of likely N-dealkylation sites (N-methyl/N-ethyl adjacent to an activating group) is 1. The normalized spacial score (nSPS) is 20.0. The van der Waals surface area contributed by atoms with Crippen molar-refractivity contribution in [2.45, 2.75) is 59.8 Å². The number of thiazole rings is 1. The highest BCUT2D eigenvalue weighted by molar-refractivity contribution is 7.09. The third-order valence-electron chi connectivity index (χ3n) is 8.20. The van der Waals surface area contributed by atoms with Crippen LogP contribution < -0.4 is 0 Å². The Morgan fingerprint density at radius 2 is 1.85 bits per heavy atom. The van der Waals surface area contributed by atoms with Crippen LogP contribution >= 0.6 is 11.3 Å². The van der Waals surface area contributed by atoms with Gasteiger partial charge in [0, 0.05) is 61.7 Å². The monoisotopic (exact) mass is 468 g/mol. The first-order valence-electron chi connectivity index (χ1n) is 12.1. The fraction of sp³-hybridized carbons (Fsp3) is 0.615. The summed E-state index contributed by atoms with van der Waals surface area (Å²) in [6.45, 7) is 13.6. The first-order chi connectivity index (χ1) is 15.7. The van der Waals surface area contributed by atoms with E-state index in [1.54, 1.807) is 17.5 Å². The molecular formula is C26H36N4O2S. The van der Waals surface area contributed by atoms with Crippen molar-refractivity contribution >= 4 is 23.2 Å². The van der Waals surface area contributed by atoms with E-state index in [9.17, 15) is 9.59 Å². The number of hydrogen-bond acceptors (Lipinski definition) is 5. The molecule has 2 fully saturated rings. The molecule has 6 nitrogen and oxygen atoms in total. The largest absolute Gasteiger partial charge is 0.342 e. The number of carbonyl (C=O) groups is 2. The SMILES string of the molecule is CCN(CCc1ccccn1)C(=O)c1csc(C2CCN(C(=O)C3C(C)(C)C3(C)C)CC2)n1. The van der Waals surface area contributed by atoms with Gasteiger partial charge in [-0.3, -0.25) is 14.6 Å². The van der Waals surface area contributed by atoms with E-state index >= 15 is 0 Å². The van der Waals surface area contributed by atoms with E-state index in [0.29, 0.717) is 30.6 Å². The predicted octanol–water partition coefficient (Wildman–Crippen LogP) is 4.63. The topological polar surface area (TPSA) is 66.4 Å². The van der Waals surface area contributed by atoms with Crippen LogP contribution in [0.4, 0.5) is 0 Å². The van der Waals surface area contributed by atoms with Gasteiger partial charge in [-0.2, -0.15) is 0 Å². The van der Waals surface area contributed by atoms with Crippen molar-refractivity contribution in [3.8, 4) is 0 Å². The molecule has 2 amide bonds. The Balaban J connectivity index is 1.32. The van der Waals surface area contributed by atoms with Gasteiger partial charge in [-0.15, -0.1) is 11.3 Å². The Morgan fingerprint density at radius 1 is 1.15 bits per heavy atom. The van der Waals surface area contributed by atoms with Gasteiger partial charge in [0.2, 0.25) is 5.91 Å². The first kappa shape index (κ1) is 23.9. The van der Waals surface area contributed by atoms with E-state index in [2.05, 4.69) is 32.7 Å². The van der Waals surface area contributed by atoms with Gasteiger partial charge in [0.15, 0.2) is 0 Å². The molecule has 1 aliphatic carbocycles. The van der Waals surface area contributed by atoms with Gasteiger partial charge in [-0.05, 0) is 42.7 Å². The van der Waals surface area contributed by atoms with Gasteiger partial charge < -0.3 is 9.80 Å². The summed E-state index contributed by atoms with van der Waals surface area (Å²) in [5.41, 5.74) is 1.68. The Kier molecular flexibility index (Phi) is 6.63. The molecule has 0 atom stereocenters. The summed E-state index contributed by atoms with van der Waals surface area (Å²) >= 11 is 1.58. The molecular weight excluding hydrogens is 432 g/mol. The standard InChI is InChI=1S/C26H36N4O2S/c1-6-29(16-12-19-9-7-8-13-27-19)23(31)20-17-33-22(28-20)18-10-14-30(15-11-18)24(32)21-25(2,3)26(21,4)5/h7-9,13,17-18,21H,6,10-12,14-16H2,1-5H3. The summed E-state index contributed by atoms with van der Waals surface area (Å²) in [4.78, 5) is 39.1. The van der Waals surface area contributed by atoms with Crippen LogP contribution in [0.1, 0.15) is 74.6 Å². The summed E-state index contributed by atoms with van der Waals surface area (Å²) in [5.74, 6) is 0.743. The van der Waals surface area contributed by atoms with Crippen LogP contribution in [-0.2, 0) is 11.2 Å². The smallest absolute Gasteiger partial charge is 0.273 e. The van der Waals surface area contributed by atoms with E-state index in [0.717, 1.165) is 43.1 Å². The molecule has 2 aromatic heterocycles. The van der Waals surface area contributed by atoms with Gasteiger partial charge in [0.05, 0.1) is 5.01 Å². The number of pyridine rings is 1. The lowest BCUT2D eigenvalue weighted by atomic mass is 9.96. The second kappa shape index (κ2) is 9.16. The molecule has 7 heteroatoms. The molecule has 0 bridgehead atoms. The summed E-state index contributed by atoms with van der Waals surface area (Å²) in [6.07, 6.45) is 4.35. The molecule has 4 rings (SSSR count). The Labute approximate surface area is 201 Å². The molecule has 178 valence electrons. The maximum Gasteiger partial charge on any atom is 0.273 e. The Morgan fingerprint density at radius 3 is 2.42 bits per heavy atom. The molecule has 1 saturated carbocycles. The van der Waals surface area contributed by atoms with Gasteiger partial charge >= 0.3 is 0 Å². The average molecular weight is 469 g/mol. The van der Waals surface area contributed by atoms with Crippen molar-refractivity contribution in [3.05, 3.63) is 46.2 Å². The molecule has 1 saturated heterocycles. The second-order valence-corrected chi connectivity index (χ2v) is 11.4. The number of rotatable bonds is 7. The first-order valence-corrected chi connectivity index (χ1v) is 13.0. The summed E-state index contributed by atoms with van der Waals surface area (Å²) in [5, 5.41) is 2.92. The quantitative estimate of drug-likeness (QED) is 0.594. The highest BCUT2D eigenvalue weighted by Gasteiger charge is 2.68. The third-order valence-corrected chi connectivity index (χ3v) is 9.20. The van der Waals surface area contributed by atoms with E-state index in [-0.39, 0.29) is 22.7 Å². The maximum atomic E-state index is 13.1. The number of amides is 2. The van der Waals surface area contributed by atoms with Crippen LogP contribution in [-0.4, -0.2) is 57.8 Å². The summed E-state index contributed by atoms with van der Waals surface area (Å²) < 4.78 is 0. The molecule has 1 aliphatic heterocycles. The zero-order chi connectivity index (χ0) is 23.8. The molecule has 0 radical (unpaired) electrons. The Bertz CT molecular complexity index is 979. The molecule has 0 unspecified atom stereocenters. The fourth-order valence-electron chi connectivity index (χ4n) is 5.28. The van der Waals surface area contributed by atoms with Crippen LogP contribution in [0.2, 0.25) is 0 Å². The minimum absolute atomic E-state index is 0.0123.